The molecule has 0 heterocycles. The van der Waals surface area contributed by atoms with Gasteiger partial charge in [0.05, 0.1) is 0 Å². The molecule has 1 saturated carbocycles. The maximum Gasteiger partial charge on any atom is 0.0446 e. The van der Waals surface area contributed by atoms with Gasteiger partial charge in [-0.05, 0) is 17.5 Å². The van der Waals surface area contributed by atoms with E-state index in [4.69, 9.17) is 0 Å². The van der Waals surface area contributed by atoms with Gasteiger partial charge in [-0.1, -0.05) is 72.8 Å². The second-order valence-electron chi connectivity index (χ2n) is 4.42. The van der Waals surface area contributed by atoms with E-state index in [0.29, 0.717) is 0 Å². The first kappa shape index (κ1) is 9.41. The van der Waals surface area contributed by atoms with E-state index in [1.165, 1.54) is 16.7 Å². The summed E-state index contributed by atoms with van der Waals surface area (Å²) >= 11 is 0. The van der Waals surface area contributed by atoms with Gasteiger partial charge in [0.25, 0.3) is 0 Å². The first-order chi connectivity index (χ1) is 7.84. The van der Waals surface area contributed by atoms with Crippen LogP contribution in [0.1, 0.15) is 17.5 Å². The fourth-order valence-corrected chi connectivity index (χ4v) is 2.50. The Balaban J connectivity index is 2.13. The highest BCUT2D eigenvalue weighted by atomic mass is 14.5. The van der Waals surface area contributed by atoms with Gasteiger partial charge in [-0.25, -0.2) is 0 Å². The van der Waals surface area contributed by atoms with Gasteiger partial charge in [-0.2, -0.15) is 0 Å². The molecule has 2 aromatic rings. The average Bonchev–Trinajstić information content (AvgIpc) is 3.05. The van der Waals surface area contributed by atoms with Gasteiger partial charge in [-0.3, -0.25) is 0 Å². The van der Waals surface area contributed by atoms with Gasteiger partial charge in [-0.15, -0.1) is 0 Å². The smallest absolute Gasteiger partial charge is 0.0446 e. The molecule has 1 aliphatic carbocycles. The van der Waals surface area contributed by atoms with Crippen LogP contribution in [0.25, 0.3) is 0 Å². The summed E-state index contributed by atoms with van der Waals surface area (Å²) in [6.07, 6.45) is 1.08. The Morgan fingerprint density at radius 3 is 1.44 bits per heavy atom. The van der Waals surface area contributed by atoms with Crippen LogP contribution in [0.5, 0.6) is 0 Å². The minimum Gasteiger partial charge on any atom is -0.0986 e. The lowest BCUT2D eigenvalue weighted by Gasteiger charge is -2.15. The van der Waals surface area contributed by atoms with Crippen molar-refractivity contribution in [2.24, 2.45) is 0 Å². The first-order valence-corrected chi connectivity index (χ1v) is 5.63. The molecule has 0 N–H and O–H groups in total. The van der Waals surface area contributed by atoms with Gasteiger partial charge in [0.1, 0.15) is 0 Å². The molecule has 0 radical (unpaired) electrons. The molecule has 0 unspecified atom stereocenters. The number of hydrogen-bond acceptors (Lipinski definition) is 0. The number of rotatable bonds is 2. The van der Waals surface area contributed by atoms with Crippen LogP contribution in [-0.4, -0.2) is 0 Å². The Labute approximate surface area is 96.3 Å². The maximum atomic E-state index is 4.17. The first-order valence-electron chi connectivity index (χ1n) is 5.63. The molecule has 0 heteroatoms. The molecule has 0 amide bonds. The van der Waals surface area contributed by atoms with E-state index in [-0.39, 0.29) is 5.41 Å². The zero-order valence-electron chi connectivity index (χ0n) is 9.19. The molecule has 0 aliphatic heterocycles. The van der Waals surface area contributed by atoms with Crippen molar-refractivity contribution >= 4 is 0 Å². The summed E-state index contributed by atoms with van der Waals surface area (Å²) in [5.41, 5.74) is 4.16. The third-order valence-electron chi connectivity index (χ3n) is 3.49. The summed E-state index contributed by atoms with van der Waals surface area (Å²) in [4.78, 5) is 0. The number of allylic oxidation sites excluding steroid dienone is 1. The molecule has 78 valence electrons. The number of hydrogen-bond donors (Lipinski definition) is 0. The van der Waals surface area contributed by atoms with Crippen LogP contribution in [0.15, 0.2) is 72.8 Å². The maximum absolute atomic E-state index is 4.17. The molecule has 0 aromatic heterocycles. The molecular weight excluding hydrogens is 192 g/mol. The minimum atomic E-state index is 0.0997. The predicted octanol–water partition coefficient (Wildman–Crippen LogP) is 3.93. The fraction of sp³-hybridized carbons (Fsp3) is 0.125. The van der Waals surface area contributed by atoms with Crippen LogP contribution >= 0.6 is 0 Å². The zero-order valence-corrected chi connectivity index (χ0v) is 9.19. The standard InChI is InChI=1S/C16H14/c1-13-12-16(13,14-8-4-2-5-9-14)15-10-6-3-7-11-15/h2-11H,1,12H2. The van der Waals surface area contributed by atoms with Crippen molar-refractivity contribution in [1.82, 2.24) is 0 Å². The summed E-state index contributed by atoms with van der Waals surface area (Å²) in [5, 5.41) is 0. The Kier molecular flexibility index (Phi) is 1.97. The third kappa shape index (κ3) is 1.23. The lowest BCUT2D eigenvalue weighted by atomic mass is 9.87. The van der Waals surface area contributed by atoms with Gasteiger partial charge in [0.15, 0.2) is 0 Å². The van der Waals surface area contributed by atoms with Crippen molar-refractivity contribution in [1.29, 1.82) is 0 Å². The molecule has 0 atom stereocenters. The van der Waals surface area contributed by atoms with E-state index in [2.05, 4.69) is 67.2 Å². The third-order valence-corrected chi connectivity index (χ3v) is 3.49. The number of benzene rings is 2. The molecule has 1 fully saturated rings. The molecule has 1 aliphatic rings. The average molecular weight is 206 g/mol. The Hall–Kier alpha value is -1.82. The van der Waals surface area contributed by atoms with E-state index in [9.17, 15) is 0 Å². The molecule has 16 heavy (non-hydrogen) atoms. The van der Waals surface area contributed by atoms with Crippen LogP contribution in [0, 0.1) is 0 Å². The predicted molar refractivity (Wildman–Crippen MR) is 67.4 cm³/mol. The van der Waals surface area contributed by atoms with E-state index >= 15 is 0 Å². The van der Waals surface area contributed by atoms with Gasteiger partial charge < -0.3 is 0 Å². The van der Waals surface area contributed by atoms with Crippen molar-refractivity contribution in [2.75, 3.05) is 0 Å². The Bertz CT molecular complexity index is 469. The van der Waals surface area contributed by atoms with Crippen LogP contribution in [-0.2, 0) is 5.41 Å². The van der Waals surface area contributed by atoms with E-state index in [0.717, 1.165) is 6.42 Å². The normalized spacial score (nSPS) is 17.1. The Morgan fingerprint density at radius 1 is 0.750 bits per heavy atom. The van der Waals surface area contributed by atoms with Crippen molar-refractivity contribution in [3.8, 4) is 0 Å². The minimum absolute atomic E-state index is 0.0997. The molecule has 3 rings (SSSR count). The van der Waals surface area contributed by atoms with Crippen molar-refractivity contribution < 1.29 is 0 Å². The summed E-state index contributed by atoms with van der Waals surface area (Å²) in [6.45, 7) is 4.17. The summed E-state index contributed by atoms with van der Waals surface area (Å²) in [7, 11) is 0. The molecule has 0 bridgehead atoms. The van der Waals surface area contributed by atoms with Crippen LogP contribution < -0.4 is 0 Å². The highest BCUT2D eigenvalue weighted by Crippen LogP contribution is 2.57. The van der Waals surface area contributed by atoms with Crippen molar-refractivity contribution in [2.45, 2.75) is 11.8 Å². The van der Waals surface area contributed by atoms with Crippen LogP contribution in [0.3, 0.4) is 0 Å². The SMILES string of the molecule is C=C1CC1(c1ccccc1)c1ccccc1. The van der Waals surface area contributed by atoms with Gasteiger partial charge >= 0.3 is 0 Å². The Morgan fingerprint density at radius 2 is 1.12 bits per heavy atom. The molecular formula is C16H14. The second kappa shape index (κ2) is 3.34. The summed E-state index contributed by atoms with van der Waals surface area (Å²) in [5.74, 6) is 0. The van der Waals surface area contributed by atoms with Crippen molar-refractivity contribution in [3.63, 3.8) is 0 Å². The topological polar surface area (TPSA) is 0 Å². The summed E-state index contributed by atoms with van der Waals surface area (Å²) < 4.78 is 0. The lowest BCUT2D eigenvalue weighted by Crippen LogP contribution is -2.08. The lowest BCUT2D eigenvalue weighted by molar-refractivity contribution is 0.881. The van der Waals surface area contributed by atoms with Crippen LogP contribution in [0.4, 0.5) is 0 Å². The van der Waals surface area contributed by atoms with E-state index in [1.807, 2.05) is 0 Å². The molecule has 0 nitrogen and oxygen atoms in total. The van der Waals surface area contributed by atoms with Gasteiger partial charge in [0.2, 0.25) is 0 Å². The highest BCUT2D eigenvalue weighted by Gasteiger charge is 2.49. The monoisotopic (exact) mass is 206 g/mol. The fourth-order valence-electron chi connectivity index (χ4n) is 2.50. The molecule has 0 spiro atoms. The quantitative estimate of drug-likeness (QED) is 0.653. The van der Waals surface area contributed by atoms with E-state index in [1.54, 1.807) is 0 Å². The molecule has 2 aromatic carbocycles. The molecule has 0 saturated heterocycles. The zero-order chi connectivity index (χ0) is 11.0. The summed E-state index contributed by atoms with van der Waals surface area (Å²) in [6, 6.07) is 21.3. The largest absolute Gasteiger partial charge is 0.0986 e. The van der Waals surface area contributed by atoms with Gasteiger partial charge in [0, 0.05) is 5.41 Å². The van der Waals surface area contributed by atoms with E-state index < -0.39 is 0 Å². The second-order valence-corrected chi connectivity index (χ2v) is 4.42. The van der Waals surface area contributed by atoms with Crippen molar-refractivity contribution in [3.05, 3.63) is 83.9 Å². The van der Waals surface area contributed by atoms with Crippen LogP contribution in [0.2, 0.25) is 0 Å². The highest BCUT2D eigenvalue weighted by molar-refractivity contribution is 5.58.